The van der Waals surface area contributed by atoms with E-state index in [1.807, 2.05) is 24.3 Å². The monoisotopic (exact) mass is 472 g/mol. The Hall–Kier alpha value is -4.13. The molecule has 1 atom stereocenters. The Morgan fingerprint density at radius 2 is 1.60 bits per heavy atom. The number of hydrogen-bond acceptors (Lipinski definition) is 4. The Balaban J connectivity index is 1.34. The van der Waals surface area contributed by atoms with E-state index >= 15 is 0 Å². The highest BCUT2D eigenvalue weighted by Gasteiger charge is 2.29. The minimum Gasteiger partial charge on any atom is -0.481 e. The van der Waals surface area contributed by atoms with Crippen LogP contribution in [0.1, 0.15) is 46.3 Å². The molecule has 3 N–H and O–H groups in total. The molecule has 2 amide bonds. The standard InChI is InChI=1S/C28H28N2O5/c1-17(27(32)33)13-14-29-26(31)19-11-12-25(18(2)15-19)30-28(34)35-16-24-22-9-5-3-7-20(22)21-8-4-6-10-23(21)24/h3-12,15,17,24H,13-14,16H2,1-2H3,(H,29,31)(H,30,34)(H,32,33). The number of hydrogen-bond donors (Lipinski definition) is 3. The number of fused-ring (bicyclic) bond motifs is 3. The molecule has 180 valence electrons. The molecule has 0 radical (unpaired) electrons. The number of rotatable bonds is 8. The summed E-state index contributed by atoms with van der Waals surface area (Å²) in [5, 5.41) is 14.4. The molecule has 0 spiro atoms. The maximum absolute atomic E-state index is 12.6. The summed E-state index contributed by atoms with van der Waals surface area (Å²) in [6.07, 6.45) is -0.212. The third-order valence-electron chi connectivity index (χ3n) is 6.35. The number of benzene rings is 3. The van der Waals surface area contributed by atoms with Gasteiger partial charge in [-0.2, -0.15) is 0 Å². The summed E-state index contributed by atoms with van der Waals surface area (Å²) in [6.45, 7) is 3.88. The topological polar surface area (TPSA) is 105 Å². The van der Waals surface area contributed by atoms with Crippen LogP contribution >= 0.6 is 0 Å². The van der Waals surface area contributed by atoms with Crippen molar-refractivity contribution in [2.75, 3.05) is 18.5 Å². The van der Waals surface area contributed by atoms with Crippen LogP contribution in [0.4, 0.5) is 10.5 Å². The number of ether oxygens (including phenoxy) is 1. The van der Waals surface area contributed by atoms with Gasteiger partial charge in [0.05, 0.1) is 5.92 Å². The van der Waals surface area contributed by atoms with Crippen molar-refractivity contribution in [1.29, 1.82) is 0 Å². The Kier molecular flexibility index (Phi) is 7.15. The van der Waals surface area contributed by atoms with Gasteiger partial charge in [0, 0.05) is 23.7 Å². The number of carbonyl (C=O) groups excluding carboxylic acids is 2. The highest BCUT2D eigenvalue weighted by molar-refractivity contribution is 5.95. The van der Waals surface area contributed by atoms with Gasteiger partial charge in [-0.3, -0.25) is 14.9 Å². The number of carboxylic acid groups (broad SMARTS) is 1. The number of carbonyl (C=O) groups is 3. The van der Waals surface area contributed by atoms with Crippen LogP contribution in [0.25, 0.3) is 11.1 Å². The number of amides is 2. The average Bonchev–Trinajstić information content (AvgIpc) is 3.17. The van der Waals surface area contributed by atoms with Crippen LogP contribution in [-0.2, 0) is 9.53 Å². The van der Waals surface area contributed by atoms with Crippen molar-refractivity contribution < 1.29 is 24.2 Å². The van der Waals surface area contributed by atoms with Crippen LogP contribution in [0.2, 0.25) is 0 Å². The maximum atomic E-state index is 12.6. The second-order valence-corrected chi connectivity index (χ2v) is 8.76. The Labute approximate surface area is 204 Å². The SMILES string of the molecule is Cc1cc(C(=O)NCCC(C)C(=O)O)ccc1NC(=O)OCC1c2ccccc2-c2ccccc21. The summed E-state index contributed by atoms with van der Waals surface area (Å²) in [4.78, 5) is 35.8. The lowest BCUT2D eigenvalue weighted by atomic mass is 9.98. The zero-order valence-corrected chi connectivity index (χ0v) is 19.7. The van der Waals surface area contributed by atoms with Crippen molar-refractivity contribution in [3.63, 3.8) is 0 Å². The first-order valence-electron chi connectivity index (χ1n) is 11.6. The van der Waals surface area contributed by atoms with Crippen molar-refractivity contribution in [2.45, 2.75) is 26.2 Å². The normalized spacial score (nSPS) is 12.9. The predicted octanol–water partition coefficient (Wildman–Crippen LogP) is 5.20. The van der Waals surface area contributed by atoms with Crippen molar-refractivity contribution in [1.82, 2.24) is 5.32 Å². The Morgan fingerprint density at radius 3 is 2.20 bits per heavy atom. The molecule has 7 nitrogen and oxygen atoms in total. The molecule has 7 heteroatoms. The third kappa shape index (κ3) is 5.35. The molecule has 35 heavy (non-hydrogen) atoms. The summed E-state index contributed by atoms with van der Waals surface area (Å²) in [5.74, 6) is -1.73. The fourth-order valence-corrected chi connectivity index (χ4v) is 4.32. The number of nitrogens with one attached hydrogen (secondary N) is 2. The number of carboxylic acids is 1. The van der Waals surface area contributed by atoms with Crippen molar-refractivity contribution in [3.05, 3.63) is 89.0 Å². The third-order valence-corrected chi connectivity index (χ3v) is 6.35. The van der Waals surface area contributed by atoms with E-state index in [1.54, 1.807) is 32.0 Å². The molecule has 3 aromatic rings. The zero-order valence-electron chi connectivity index (χ0n) is 19.7. The summed E-state index contributed by atoms with van der Waals surface area (Å²) < 4.78 is 5.59. The predicted molar refractivity (Wildman–Crippen MR) is 134 cm³/mol. The fraction of sp³-hybridized carbons (Fsp3) is 0.250. The second-order valence-electron chi connectivity index (χ2n) is 8.76. The van der Waals surface area contributed by atoms with Gasteiger partial charge in [-0.15, -0.1) is 0 Å². The lowest BCUT2D eigenvalue weighted by molar-refractivity contribution is -0.141. The van der Waals surface area contributed by atoms with Crippen molar-refractivity contribution in [3.8, 4) is 11.1 Å². The van der Waals surface area contributed by atoms with E-state index in [0.717, 1.165) is 11.1 Å². The van der Waals surface area contributed by atoms with E-state index in [9.17, 15) is 14.4 Å². The molecule has 0 fully saturated rings. The van der Waals surface area contributed by atoms with E-state index in [4.69, 9.17) is 9.84 Å². The van der Waals surface area contributed by atoms with E-state index < -0.39 is 18.0 Å². The quantitative estimate of drug-likeness (QED) is 0.418. The van der Waals surface area contributed by atoms with Gasteiger partial charge in [-0.1, -0.05) is 55.5 Å². The van der Waals surface area contributed by atoms with Gasteiger partial charge in [0.15, 0.2) is 0 Å². The molecule has 0 aromatic heterocycles. The van der Waals surface area contributed by atoms with Crippen molar-refractivity contribution in [2.24, 2.45) is 5.92 Å². The van der Waals surface area contributed by atoms with Gasteiger partial charge in [0.1, 0.15) is 6.61 Å². The van der Waals surface area contributed by atoms with Gasteiger partial charge in [-0.25, -0.2) is 4.79 Å². The van der Waals surface area contributed by atoms with Crippen LogP contribution in [0, 0.1) is 12.8 Å². The van der Waals surface area contributed by atoms with E-state index in [0.29, 0.717) is 23.2 Å². The van der Waals surface area contributed by atoms with Gasteiger partial charge in [0.2, 0.25) is 0 Å². The van der Waals surface area contributed by atoms with Gasteiger partial charge in [-0.05, 0) is 59.4 Å². The van der Waals surface area contributed by atoms with Gasteiger partial charge < -0.3 is 15.2 Å². The summed E-state index contributed by atoms with van der Waals surface area (Å²) in [5.41, 5.74) is 6.32. The van der Waals surface area contributed by atoms with Crippen LogP contribution in [0.5, 0.6) is 0 Å². The van der Waals surface area contributed by atoms with Crippen LogP contribution < -0.4 is 10.6 Å². The molecule has 4 rings (SSSR count). The molecular weight excluding hydrogens is 444 g/mol. The zero-order chi connectivity index (χ0) is 24.9. The Bertz CT molecular complexity index is 1220. The molecule has 1 unspecified atom stereocenters. The van der Waals surface area contributed by atoms with Gasteiger partial charge in [0.25, 0.3) is 5.91 Å². The highest BCUT2D eigenvalue weighted by atomic mass is 16.5. The molecular formula is C28H28N2O5. The minimum atomic E-state index is -0.890. The van der Waals surface area contributed by atoms with Crippen LogP contribution in [0.15, 0.2) is 66.7 Å². The molecule has 0 aliphatic heterocycles. The fourth-order valence-electron chi connectivity index (χ4n) is 4.32. The molecule has 0 saturated carbocycles. The number of anilines is 1. The van der Waals surface area contributed by atoms with E-state index in [2.05, 4.69) is 34.9 Å². The van der Waals surface area contributed by atoms with Crippen LogP contribution in [-0.4, -0.2) is 36.2 Å². The van der Waals surface area contributed by atoms with E-state index in [1.165, 1.54) is 11.1 Å². The molecule has 0 saturated heterocycles. The molecule has 1 aliphatic rings. The number of aliphatic carboxylic acids is 1. The molecule has 1 aliphatic carbocycles. The smallest absolute Gasteiger partial charge is 0.411 e. The van der Waals surface area contributed by atoms with Crippen LogP contribution in [0.3, 0.4) is 0 Å². The number of aryl methyl sites for hydroxylation is 1. The largest absolute Gasteiger partial charge is 0.481 e. The summed E-state index contributed by atoms with van der Waals surface area (Å²) >= 11 is 0. The lowest BCUT2D eigenvalue weighted by Gasteiger charge is -2.15. The molecule has 0 heterocycles. The average molecular weight is 473 g/mol. The Morgan fingerprint density at radius 1 is 0.971 bits per heavy atom. The highest BCUT2D eigenvalue weighted by Crippen LogP contribution is 2.44. The van der Waals surface area contributed by atoms with Crippen molar-refractivity contribution >= 4 is 23.7 Å². The summed E-state index contributed by atoms with van der Waals surface area (Å²) in [7, 11) is 0. The maximum Gasteiger partial charge on any atom is 0.411 e. The second kappa shape index (κ2) is 10.4. The summed E-state index contributed by atoms with van der Waals surface area (Å²) in [6, 6.07) is 21.3. The molecule has 3 aromatic carbocycles. The van der Waals surface area contributed by atoms with E-state index in [-0.39, 0.29) is 25.0 Å². The lowest BCUT2D eigenvalue weighted by Crippen LogP contribution is -2.27. The molecule has 0 bridgehead atoms. The van der Waals surface area contributed by atoms with Gasteiger partial charge >= 0.3 is 12.1 Å². The minimum absolute atomic E-state index is 0.0239. The first-order chi connectivity index (χ1) is 16.8. The first kappa shape index (κ1) is 24.0. The first-order valence-corrected chi connectivity index (χ1v) is 11.6.